The summed E-state index contributed by atoms with van der Waals surface area (Å²) in [6.07, 6.45) is 3.77. The van der Waals surface area contributed by atoms with Crippen molar-refractivity contribution in [2.75, 3.05) is 4.31 Å². The van der Waals surface area contributed by atoms with Crippen LogP contribution in [0, 0.1) is 5.82 Å². The number of hydrogen-bond donors (Lipinski definition) is 1. The molecule has 0 aliphatic heterocycles. The van der Waals surface area contributed by atoms with Crippen molar-refractivity contribution < 1.29 is 27.4 Å². The summed E-state index contributed by atoms with van der Waals surface area (Å²) >= 11 is 12.9. The monoisotopic (exact) mass is 540 g/mol. The molecular formula is C20H11Cl2FN4O5S2. The van der Waals surface area contributed by atoms with Crippen LogP contribution in [0.5, 0.6) is 11.5 Å². The van der Waals surface area contributed by atoms with Crippen molar-refractivity contribution >= 4 is 55.8 Å². The molecule has 4 rings (SSSR count). The standard InChI is InChI=1S/C20H11Cl2FN4O5S2/c21-13-7-17(34(30,31)27(20(28)29)19-25-4-5-33-19)14(23)8-15(13)32-16-10-26-18(22)6-12(16)11-2-1-3-24-9-11/h1-10H,(H,28,29). The SMILES string of the molecule is O=C(O)N(c1nccs1)S(=O)(=O)c1cc(Cl)c(Oc2cnc(Cl)cc2-c2cccnc2)cc1F. The van der Waals surface area contributed by atoms with E-state index in [1.807, 2.05) is 0 Å². The molecule has 0 radical (unpaired) electrons. The molecule has 0 unspecified atom stereocenters. The first-order valence-electron chi connectivity index (χ1n) is 9.09. The van der Waals surface area contributed by atoms with Crippen molar-refractivity contribution in [2.24, 2.45) is 0 Å². The Hall–Kier alpha value is -3.32. The number of rotatable bonds is 6. The van der Waals surface area contributed by atoms with E-state index in [1.54, 1.807) is 24.5 Å². The maximum Gasteiger partial charge on any atom is 0.428 e. The van der Waals surface area contributed by atoms with Crippen LogP contribution in [-0.4, -0.2) is 34.6 Å². The Labute approximate surface area is 206 Å². The number of pyridine rings is 2. The summed E-state index contributed by atoms with van der Waals surface area (Å²) in [5, 5.41) is 10.3. The van der Waals surface area contributed by atoms with Crippen molar-refractivity contribution in [3.8, 4) is 22.6 Å². The van der Waals surface area contributed by atoms with Crippen LogP contribution in [0.2, 0.25) is 10.2 Å². The first kappa shape index (κ1) is 23.8. The highest BCUT2D eigenvalue weighted by atomic mass is 35.5. The average molecular weight is 541 g/mol. The van der Waals surface area contributed by atoms with E-state index in [2.05, 4.69) is 15.0 Å². The fourth-order valence-electron chi connectivity index (χ4n) is 2.85. The highest BCUT2D eigenvalue weighted by molar-refractivity contribution is 7.93. The summed E-state index contributed by atoms with van der Waals surface area (Å²) in [7, 11) is -4.89. The molecule has 1 amide bonds. The number of halogens is 3. The predicted octanol–water partition coefficient (Wildman–Crippen LogP) is 5.71. The Kier molecular flexibility index (Phi) is 6.66. The van der Waals surface area contributed by atoms with Crippen LogP contribution in [0.4, 0.5) is 14.3 Å². The van der Waals surface area contributed by atoms with E-state index in [1.165, 1.54) is 23.8 Å². The van der Waals surface area contributed by atoms with Gasteiger partial charge in [-0.2, -0.15) is 0 Å². The Morgan fingerprint density at radius 2 is 1.91 bits per heavy atom. The molecule has 4 aromatic rings. The molecule has 0 spiro atoms. The third-order valence-corrected chi connectivity index (χ3v) is 7.35. The molecule has 9 nitrogen and oxygen atoms in total. The van der Waals surface area contributed by atoms with Crippen LogP contribution in [0.3, 0.4) is 0 Å². The molecule has 0 fully saturated rings. The van der Waals surface area contributed by atoms with E-state index in [9.17, 15) is 22.7 Å². The van der Waals surface area contributed by atoms with Crippen LogP contribution in [0.25, 0.3) is 11.1 Å². The second-order valence-corrected chi connectivity index (χ2v) is 9.85. The molecule has 0 aliphatic carbocycles. The summed E-state index contributed by atoms with van der Waals surface area (Å²) in [6, 6.07) is 6.44. The minimum atomic E-state index is -4.89. The Morgan fingerprint density at radius 1 is 1.12 bits per heavy atom. The van der Waals surface area contributed by atoms with Crippen LogP contribution < -0.4 is 9.04 Å². The molecule has 1 aromatic carbocycles. The second kappa shape index (κ2) is 9.50. The number of thiazole rings is 1. The van der Waals surface area contributed by atoms with E-state index in [0.717, 1.165) is 23.5 Å². The number of amides is 1. The van der Waals surface area contributed by atoms with Gasteiger partial charge in [0, 0.05) is 41.2 Å². The fraction of sp³-hybridized carbons (Fsp3) is 0. The van der Waals surface area contributed by atoms with E-state index in [0.29, 0.717) is 11.1 Å². The maximum atomic E-state index is 15.0. The van der Waals surface area contributed by atoms with Gasteiger partial charge < -0.3 is 9.84 Å². The van der Waals surface area contributed by atoms with Crippen molar-refractivity contribution in [3.63, 3.8) is 0 Å². The summed E-state index contributed by atoms with van der Waals surface area (Å²) in [6.45, 7) is 0. The van der Waals surface area contributed by atoms with Crippen LogP contribution in [0.1, 0.15) is 0 Å². The Bertz CT molecular complexity index is 1470. The molecule has 14 heteroatoms. The summed E-state index contributed by atoms with van der Waals surface area (Å²) in [4.78, 5) is 22.3. The van der Waals surface area contributed by atoms with E-state index in [4.69, 9.17) is 27.9 Å². The fourth-order valence-corrected chi connectivity index (χ4v) is 5.47. The molecule has 1 N–H and O–H groups in total. The Balaban J connectivity index is 1.75. The zero-order valence-corrected chi connectivity index (χ0v) is 19.7. The highest BCUT2D eigenvalue weighted by Gasteiger charge is 2.35. The van der Waals surface area contributed by atoms with Crippen LogP contribution in [0.15, 0.2) is 65.4 Å². The summed E-state index contributed by atoms with van der Waals surface area (Å²) in [5.74, 6) is -1.38. The zero-order chi connectivity index (χ0) is 24.5. The van der Waals surface area contributed by atoms with E-state index < -0.39 is 26.8 Å². The van der Waals surface area contributed by atoms with Gasteiger partial charge in [-0.25, -0.2) is 27.6 Å². The van der Waals surface area contributed by atoms with Gasteiger partial charge in [0.25, 0.3) is 10.0 Å². The summed E-state index contributed by atoms with van der Waals surface area (Å²) in [5.41, 5.74) is 1.10. The second-order valence-electron chi connectivity index (χ2n) is 6.43. The van der Waals surface area contributed by atoms with Crippen molar-refractivity contribution in [1.82, 2.24) is 15.0 Å². The number of aromatic nitrogens is 3. The van der Waals surface area contributed by atoms with Crippen LogP contribution in [-0.2, 0) is 10.0 Å². The van der Waals surface area contributed by atoms with Gasteiger partial charge in [-0.15, -0.1) is 15.6 Å². The number of ether oxygens (including phenoxy) is 1. The molecule has 0 aliphatic rings. The molecule has 3 aromatic heterocycles. The topological polar surface area (TPSA) is 123 Å². The van der Waals surface area contributed by atoms with Gasteiger partial charge in [0.05, 0.1) is 11.2 Å². The minimum absolute atomic E-state index is 0.0312. The first-order valence-corrected chi connectivity index (χ1v) is 12.2. The predicted molar refractivity (Wildman–Crippen MR) is 124 cm³/mol. The van der Waals surface area contributed by atoms with Gasteiger partial charge in [-0.3, -0.25) is 4.98 Å². The molecule has 0 atom stereocenters. The smallest absolute Gasteiger partial charge is 0.428 e. The van der Waals surface area contributed by atoms with Gasteiger partial charge in [0.15, 0.2) is 5.75 Å². The third-order valence-electron chi connectivity index (χ3n) is 4.30. The van der Waals surface area contributed by atoms with E-state index in [-0.39, 0.29) is 31.1 Å². The number of carbonyl (C=O) groups is 1. The lowest BCUT2D eigenvalue weighted by Gasteiger charge is -2.18. The van der Waals surface area contributed by atoms with Gasteiger partial charge in [-0.1, -0.05) is 29.3 Å². The number of nitrogens with zero attached hydrogens (tertiary/aromatic N) is 4. The van der Waals surface area contributed by atoms with Crippen molar-refractivity contribution in [1.29, 1.82) is 0 Å². The van der Waals surface area contributed by atoms with Gasteiger partial charge in [-0.05, 0) is 18.2 Å². The van der Waals surface area contributed by atoms with Gasteiger partial charge in [0.1, 0.15) is 21.6 Å². The molecule has 0 saturated carbocycles. The highest BCUT2D eigenvalue weighted by Crippen LogP contribution is 2.39. The normalized spacial score (nSPS) is 11.3. The van der Waals surface area contributed by atoms with Crippen molar-refractivity contribution in [3.05, 3.63) is 76.5 Å². The lowest BCUT2D eigenvalue weighted by atomic mass is 10.1. The molecule has 3 heterocycles. The summed E-state index contributed by atoms with van der Waals surface area (Å²) < 4.78 is 46.5. The quantitative estimate of drug-likeness (QED) is 0.308. The van der Waals surface area contributed by atoms with Crippen LogP contribution >= 0.6 is 34.5 Å². The number of benzene rings is 1. The van der Waals surface area contributed by atoms with Gasteiger partial charge in [0.2, 0.25) is 5.13 Å². The molecule has 0 bridgehead atoms. The Morgan fingerprint density at radius 3 is 2.56 bits per heavy atom. The first-order chi connectivity index (χ1) is 16.2. The third kappa shape index (κ3) is 4.66. The number of carboxylic acid groups (broad SMARTS) is 1. The molecule has 34 heavy (non-hydrogen) atoms. The maximum absolute atomic E-state index is 15.0. The average Bonchev–Trinajstić information content (AvgIpc) is 3.31. The lowest BCUT2D eigenvalue weighted by molar-refractivity contribution is 0.206. The number of hydrogen-bond acceptors (Lipinski definition) is 8. The minimum Gasteiger partial charge on any atom is -0.464 e. The van der Waals surface area contributed by atoms with Crippen molar-refractivity contribution in [2.45, 2.75) is 4.90 Å². The van der Waals surface area contributed by atoms with Gasteiger partial charge >= 0.3 is 6.09 Å². The number of anilines is 1. The molecule has 174 valence electrons. The lowest BCUT2D eigenvalue weighted by Crippen LogP contribution is -2.36. The number of sulfonamides is 1. The molecule has 0 saturated heterocycles. The van der Waals surface area contributed by atoms with E-state index >= 15 is 0 Å². The largest absolute Gasteiger partial charge is 0.464 e. The zero-order valence-electron chi connectivity index (χ0n) is 16.6. The molecular weight excluding hydrogens is 530 g/mol.